The van der Waals surface area contributed by atoms with Crippen LogP contribution in [-0.2, 0) is 9.47 Å². The van der Waals surface area contributed by atoms with Gasteiger partial charge in [0, 0.05) is 0 Å². The maximum atomic E-state index is 10.1. The fourth-order valence-electron chi connectivity index (χ4n) is 2.65. The average Bonchev–Trinajstić information content (AvgIpc) is 2.60. The van der Waals surface area contributed by atoms with Gasteiger partial charge in [0.1, 0.15) is 24.4 Å². The maximum absolute atomic E-state index is 10.1. The summed E-state index contributed by atoms with van der Waals surface area (Å²) < 4.78 is 16.2. The second kappa shape index (κ2) is 8.11. The van der Waals surface area contributed by atoms with Crippen molar-refractivity contribution in [1.82, 2.24) is 0 Å². The third-order valence-corrected chi connectivity index (χ3v) is 4.09. The van der Waals surface area contributed by atoms with Crippen molar-refractivity contribution in [3.63, 3.8) is 0 Å². The Balaban J connectivity index is 2.17. The smallest absolute Gasteiger partial charge is 0.187 e. The predicted octanol–water partition coefficient (Wildman–Crippen LogP) is -0.332. The summed E-state index contributed by atoms with van der Waals surface area (Å²) in [4.78, 5) is 0. The molecular formula is C16H24O8. The van der Waals surface area contributed by atoms with Gasteiger partial charge in [0.15, 0.2) is 17.8 Å². The van der Waals surface area contributed by atoms with Crippen molar-refractivity contribution in [3.05, 3.63) is 23.8 Å². The molecular weight excluding hydrogens is 320 g/mol. The number of aromatic hydroxyl groups is 1. The van der Waals surface area contributed by atoms with E-state index in [-0.39, 0.29) is 11.5 Å². The molecule has 1 saturated heterocycles. The number of ether oxygens (including phenoxy) is 3. The number of rotatable bonds is 6. The van der Waals surface area contributed by atoms with Gasteiger partial charge >= 0.3 is 0 Å². The lowest BCUT2D eigenvalue weighted by atomic mass is 9.99. The lowest BCUT2D eigenvalue weighted by Gasteiger charge is -2.40. The van der Waals surface area contributed by atoms with E-state index in [1.165, 1.54) is 13.2 Å². The van der Waals surface area contributed by atoms with Crippen LogP contribution in [0.25, 0.3) is 0 Å². The number of hydrogen-bond donors (Lipinski definition) is 5. The average molecular weight is 344 g/mol. The molecule has 2 rings (SSSR count). The first-order valence-electron chi connectivity index (χ1n) is 7.75. The molecule has 0 bridgehead atoms. The Hall–Kier alpha value is -1.42. The number of benzene rings is 1. The third-order valence-electron chi connectivity index (χ3n) is 4.09. The highest BCUT2D eigenvalue weighted by Crippen LogP contribution is 2.33. The van der Waals surface area contributed by atoms with Gasteiger partial charge in [0.25, 0.3) is 0 Å². The summed E-state index contributed by atoms with van der Waals surface area (Å²) in [6, 6.07) is 4.72. The number of aliphatic hydroxyl groups is 4. The van der Waals surface area contributed by atoms with Crippen molar-refractivity contribution >= 4 is 0 Å². The minimum Gasteiger partial charge on any atom is -0.504 e. The Labute approximate surface area is 139 Å². The summed E-state index contributed by atoms with van der Waals surface area (Å²) in [7, 11) is 1.43. The Morgan fingerprint density at radius 2 is 1.88 bits per heavy atom. The standard InChI is InChI=1S/C16H24O8/c1-3-10(8-4-5-9(18)11(6-8)22-2)23-16-15(21)14(20)13(19)12(7-17)24-16/h4-6,10,12-21H,3,7H2,1-2H3/t10?,12-,13-,14+,15-,16-/m1/s1. The van der Waals surface area contributed by atoms with E-state index >= 15 is 0 Å². The third kappa shape index (κ3) is 3.80. The van der Waals surface area contributed by atoms with Crippen LogP contribution in [0.4, 0.5) is 0 Å². The van der Waals surface area contributed by atoms with Crippen molar-refractivity contribution in [2.75, 3.05) is 13.7 Å². The van der Waals surface area contributed by atoms with Gasteiger partial charge in [-0.2, -0.15) is 0 Å². The van der Waals surface area contributed by atoms with Crippen molar-refractivity contribution in [3.8, 4) is 11.5 Å². The van der Waals surface area contributed by atoms with E-state index in [0.717, 1.165) is 0 Å². The molecule has 0 spiro atoms. The van der Waals surface area contributed by atoms with E-state index < -0.39 is 43.4 Å². The molecule has 24 heavy (non-hydrogen) atoms. The van der Waals surface area contributed by atoms with Crippen LogP contribution in [0.5, 0.6) is 11.5 Å². The lowest BCUT2D eigenvalue weighted by Crippen LogP contribution is -2.59. The topological polar surface area (TPSA) is 129 Å². The summed E-state index contributed by atoms with van der Waals surface area (Å²) in [5, 5.41) is 48.5. The van der Waals surface area contributed by atoms with Gasteiger partial charge in [-0.05, 0) is 24.1 Å². The van der Waals surface area contributed by atoms with Crippen LogP contribution in [0.15, 0.2) is 18.2 Å². The van der Waals surface area contributed by atoms with Crippen LogP contribution in [-0.4, -0.2) is 70.0 Å². The van der Waals surface area contributed by atoms with Crippen LogP contribution in [0, 0.1) is 0 Å². The second-order valence-electron chi connectivity index (χ2n) is 5.66. The van der Waals surface area contributed by atoms with Crippen molar-refractivity contribution in [2.24, 2.45) is 0 Å². The SMILES string of the molecule is CCC(O[C@@H]1O[C@H](CO)[C@@H](O)[C@H](O)[C@H]1O)c1ccc(O)c(OC)c1. The molecule has 1 aromatic rings. The largest absolute Gasteiger partial charge is 0.504 e. The molecule has 8 nitrogen and oxygen atoms in total. The number of phenolic OH excluding ortho intramolecular Hbond substituents is 1. The molecule has 0 saturated carbocycles. The summed E-state index contributed by atoms with van der Waals surface area (Å²) in [6.07, 6.45) is -6.63. The molecule has 136 valence electrons. The Bertz CT molecular complexity index is 535. The first-order valence-corrected chi connectivity index (χ1v) is 7.75. The molecule has 8 heteroatoms. The van der Waals surface area contributed by atoms with E-state index in [0.29, 0.717) is 12.0 Å². The highest BCUT2D eigenvalue weighted by Gasteiger charge is 2.44. The fraction of sp³-hybridized carbons (Fsp3) is 0.625. The predicted molar refractivity (Wildman–Crippen MR) is 82.5 cm³/mol. The molecule has 0 aliphatic carbocycles. The summed E-state index contributed by atoms with van der Waals surface area (Å²) in [6.45, 7) is 1.34. The van der Waals surface area contributed by atoms with Gasteiger partial charge < -0.3 is 39.7 Å². The van der Waals surface area contributed by atoms with Crippen molar-refractivity contribution in [1.29, 1.82) is 0 Å². The van der Waals surface area contributed by atoms with Crippen LogP contribution >= 0.6 is 0 Å². The van der Waals surface area contributed by atoms with E-state index in [1.54, 1.807) is 12.1 Å². The minimum absolute atomic E-state index is 0.0102. The molecule has 6 atom stereocenters. The second-order valence-corrected chi connectivity index (χ2v) is 5.66. The quantitative estimate of drug-likeness (QED) is 0.474. The summed E-state index contributed by atoms with van der Waals surface area (Å²) in [5.74, 6) is 0.271. The molecule has 1 heterocycles. The van der Waals surface area contributed by atoms with Crippen LogP contribution in [0.3, 0.4) is 0 Å². The van der Waals surface area contributed by atoms with Crippen molar-refractivity contribution < 1.29 is 39.7 Å². The minimum atomic E-state index is -1.49. The van der Waals surface area contributed by atoms with Crippen LogP contribution in [0.2, 0.25) is 0 Å². The van der Waals surface area contributed by atoms with Gasteiger partial charge in [0.05, 0.1) is 19.8 Å². The molecule has 1 unspecified atom stereocenters. The molecule has 1 fully saturated rings. The van der Waals surface area contributed by atoms with Gasteiger partial charge in [-0.1, -0.05) is 13.0 Å². The summed E-state index contributed by atoms with van der Waals surface area (Å²) in [5.41, 5.74) is 0.684. The Morgan fingerprint density at radius 3 is 2.46 bits per heavy atom. The molecule has 0 amide bonds. The zero-order chi connectivity index (χ0) is 17.9. The Kier molecular flexibility index (Phi) is 6.39. The highest BCUT2D eigenvalue weighted by molar-refractivity contribution is 5.42. The van der Waals surface area contributed by atoms with Gasteiger partial charge in [-0.25, -0.2) is 0 Å². The molecule has 5 N–H and O–H groups in total. The molecule has 1 aliphatic rings. The first kappa shape index (κ1) is 18.9. The van der Waals surface area contributed by atoms with E-state index in [2.05, 4.69) is 0 Å². The normalized spacial score (nSPS) is 31.7. The van der Waals surface area contributed by atoms with Crippen LogP contribution < -0.4 is 4.74 Å². The molecule has 0 radical (unpaired) electrons. The highest BCUT2D eigenvalue weighted by atomic mass is 16.7. The molecule has 1 aliphatic heterocycles. The number of methoxy groups -OCH3 is 1. The van der Waals surface area contributed by atoms with Gasteiger partial charge in [-0.3, -0.25) is 0 Å². The van der Waals surface area contributed by atoms with Gasteiger partial charge in [-0.15, -0.1) is 0 Å². The van der Waals surface area contributed by atoms with Crippen molar-refractivity contribution in [2.45, 2.75) is 50.2 Å². The first-order chi connectivity index (χ1) is 11.4. The summed E-state index contributed by atoms with van der Waals surface area (Å²) >= 11 is 0. The maximum Gasteiger partial charge on any atom is 0.187 e. The monoisotopic (exact) mass is 344 g/mol. The number of aliphatic hydroxyl groups excluding tert-OH is 4. The van der Waals surface area contributed by atoms with E-state index in [4.69, 9.17) is 14.2 Å². The number of hydrogen-bond acceptors (Lipinski definition) is 8. The van der Waals surface area contributed by atoms with E-state index in [1.807, 2.05) is 6.92 Å². The lowest BCUT2D eigenvalue weighted by molar-refractivity contribution is -0.312. The number of phenols is 1. The van der Waals surface area contributed by atoms with Crippen LogP contribution in [0.1, 0.15) is 25.0 Å². The van der Waals surface area contributed by atoms with Gasteiger partial charge in [0.2, 0.25) is 0 Å². The molecule has 0 aromatic heterocycles. The zero-order valence-electron chi connectivity index (χ0n) is 13.6. The zero-order valence-corrected chi connectivity index (χ0v) is 13.6. The van der Waals surface area contributed by atoms with E-state index in [9.17, 15) is 25.5 Å². The molecule has 1 aromatic carbocycles. The Morgan fingerprint density at radius 1 is 1.17 bits per heavy atom. The fourth-order valence-corrected chi connectivity index (χ4v) is 2.65.